The maximum absolute atomic E-state index is 12.2. The Hall–Kier alpha value is -1.56. The summed E-state index contributed by atoms with van der Waals surface area (Å²) in [5.74, 6) is -0.959. The van der Waals surface area contributed by atoms with Gasteiger partial charge in [0.2, 0.25) is 5.91 Å². The van der Waals surface area contributed by atoms with Crippen molar-refractivity contribution >= 4 is 23.4 Å². The van der Waals surface area contributed by atoms with Crippen LogP contribution in [0.15, 0.2) is 0 Å². The second-order valence-corrected chi connectivity index (χ2v) is 5.35. The molecule has 0 saturated heterocycles. The predicted octanol–water partition coefficient (Wildman–Crippen LogP) is 1.29. The highest BCUT2D eigenvalue weighted by atomic mass is 35.5. The van der Waals surface area contributed by atoms with Crippen LogP contribution in [0.25, 0.3) is 0 Å². The van der Waals surface area contributed by atoms with Gasteiger partial charge in [0.1, 0.15) is 5.54 Å². The van der Waals surface area contributed by atoms with Gasteiger partial charge in [0.05, 0.1) is 10.7 Å². The number of halogens is 1. The Kier molecular flexibility index (Phi) is 3.80. The summed E-state index contributed by atoms with van der Waals surface area (Å²) < 4.78 is 0. The van der Waals surface area contributed by atoms with Gasteiger partial charge in [0.15, 0.2) is 5.69 Å². The third-order valence-corrected chi connectivity index (χ3v) is 4.08. The lowest BCUT2D eigenvalue weighted by atomic mass is 9.81. The van der Waals surface area contributed by atoms with Gasteiger partial charge in [-0.25, -0.2) is 0 Å². The van der Waals surface area contributed by atoms with Crippen LogP contribution in [-0.4, -0.2) is 27.6 Å². The Labute approximate surface area is 116 Å². The number of hydrogen-bond acceptors (Lipinski definition) is 3. The number of hydrogen-bond donors (Lipinski definition) is 3. The van der Waals surface area contributed by atoms with Crippen molar-refractivity contribution in [2.24, 2.45) is 5.73 Å². The number of nitrogens with one attached hydrogen (secondary N) is 2. The molecule has 1 aromatic rings. The quantitative estimate of drug-likeness (QED) is 0.779. The molecule has 1 heterocycles. The SMILES string of the molecule is Cc1[nH]nc(C(=O)NC2(C(N)=O)CCCCC2)c1Cl. The highest BCUT2D eigenvalue weighted by Crippen LogP contribution is 2.29. The van der Waals surface area contributed by atoms with E-state index in [0.29, 0.717) is 18.5 Å². The van der Waals surface area contributed by atoms with Crippen LogP contribution >= 0.6 is 11.6 Å². The van der Waals surface area contributed by atoms with Crippen molar-refractivity contribution in [1.82, 2.24) is 15.5 Å². The number of amides is 2. The van der Waals surface area contributed by atoms with E-state index >= 15 is 0 Å². The molecule has 2 amide bonds. The van der Waals surface area contributed by atoms with E-state index in [4.69, 9.17) is 17.3 Å². The van der Waals surface area contributed by atoms with Crippen molar-refractivity contribution in [3.8, 4) is 0 Å². The maximum Gasteiger partial charge on any atom is 0.274 e. The van der Waals surface area contributed by atoms with Crippen LogP contribution in [0.5, 0.6) is 0 Å². The molecule has 7 heteroatoms. The fourth-order valence-corrected chi connectivity index (χ4v) is 2.60. The molecule has 0 bridgehead atoms. The highest BCUT2D eigenvalue weighted by Gasteiger charge is 2.40. The molecule has 1 aromatic heterocycles. The van der Waals surface area contributed by atoms with Crippen molar-refractivity contribution in [3.05, 3.63) is 16.4 Å². The summed E-state index contributed by atoms with van der Waals surface area (Å²) in [5.41, 5.74) is 5.21. The Bertz CT molecular complexity index is 506. The van der Waals surface area contributed by atoms with Crippen molar-refractivity contribution < 1.29 is 9.59 Å². The molecule has 19 heavy (non-hydrogen) atoms. The van der Waals surface area contributed by atoms with E-state index in [-0.39, 0.29) is 10.7 Å². The minimum atomic E-state index is -0.967. The minimum absolute atomic E-state index is 0.102. The molecule has 6 nitrogen and oxygen atoms in total. The lowest BCUT2D eigenvalue weighted by molar-refractivity contribution is -0.125. The Balaban J connectivity index is 2.20. The van der Waals surface area contributed by atoms with Crippen molar-refractivity contribution in [1.29, 1.82) is 0 Å². The lowest BCUT2D eigenvalue weighted by Crippen LogP contribution is -2.58. The number of aromatic nitrogens is 2. The van der Waals surface area contributed by atoms with Crippen molar-refractivity contribution in [3.63, 3.8) is 0 Å². The van der Waals surface area contributed by atoms with Crippen LogP contribution in [0, 0.1) is 6.92 Å². The average Bonchev–Trinajstić information content (AvgIpc) is 2.71. The number of nitrogens with zero attached hydrogens (tertiary/aromatic N) is 1. The van der Waals surface area contributed by atoms with E-state index in [0.717, 1.165) is 19.3 Å². The lowest BCUT2D eigenvalue weighted by Gasteiger charge is -2.34. The second kappa shape index (κ2) is 5.21. The summed E-state index contributed by atoms with van der Waals surface area (Å²) in [4.78, 5) is 23.9. The molecular formula is C12H17ClN4O2. The number of carbonyl (C=O) groups excluding carboxylic acids is 2. The smallest absolute Gasteiger partial charge is 0.274 e. The largest absolute Gasteiger partial charge is 0.368 e. The maximum atomic E-state index is 12.2. The zero-order valence-corrected chi connectivity index (χ0v) is 11.5. The highest BCUT2D eigenvalue weighted by molar-refractivity contribution is 6.34. The number of H-pyrrole nitrogens is 1. The molecule has 104 valence electrons. The van der Waals surface area contributed by atoms with Gasteiger partial charge in [-0.15, -0.1) is 0 Å². The van der Waals surface area contributed by atoms with Crippen molar-refractivity contribution in [2.75, 3.05) is 0 Å². The molecule has 0 spiro atoms. The molecule has 4 N–H and O–H groups in total. The van der Waals surface area contributed by atoms with Crippen LogP contribution in [0.2, 0.25) is 5.02 Å². The van der Waals surface area contributed by atoms with Crippen molar-refractivity contribution in [2.45, 2.75) is 44.6 Å². The van der Waals surface area contributed by atoms with Gasteiger partial charge >= 0.3 is 0 Å². The number of aryl methyl sites for hydroxylation is 1. The van der Waals surface area contributed by atoms with Gasteiger partial charge in [-0.2, -0.15) is 5.10 Å². The van der Waals surface area contributed by atoms with Crippen LogP contribution < -0.4 is 11.1 Å². The topological polar surface area (TPSA) is 101 Å². The summed E-state index contributed by atoms with van der Waals surface area (Å²) in [6.07, 6.45) is 3.92. The summed E-state index contributed by atoms with van der Waals surface area (Å²) in [7, 11) is 0. The molecular weight excluding hydrogens is 268 g/mol. The molecule has 1 aliphatic rings. The zero-order valence-electron chi connectivity index (χ0n) is 10.8. The first-order valence-electron chi connectivity index (χ1n) is 6.29. The monoisotopic (exact) mass is 284 g/mol. The Morgan fingerprint density at radius 2 is 2.00 bits per heavy atom. The van der Waals surface area contributed by atoms with Crippen LogP contribution in [-0.2, 0) is 4.79 Å². The fourth-order valence-electron chi connectivity index (χ4n) is 2.43. The second-order valence-electron chi connectivity index (χ2n) is 4.97. The van der Waals surface area contributed by atoms with Gasteiger partial charge in [-0.3, -0.25) is 14.7 Å². The Morgan fingerprint density at radius 3 is 2.47 bits per heavy atom. The van der Waals surface area contributed by atoms with Gasteiger partial charge in [-0.1, -0.05) is 30.9 Å². The summed E-state index contributed by atoms with van der Waals surface area (Å²) in [5, 5.41) is 9.48. The van der Waals surface area contributed by atoms with Crippen LogP contribution in [0.4, 0.5) is 0 Å². The van der Waals surface area contributed by atoms with E-state index in [1.165, 1.54) is 0 Å². The first-order valence-corrected chi connectivity index (χ1v) is 6.67. The standard InChI is InChI=1S/C12H17ClN4O2/c1-7-8(13)9(17-16-7)10(18)15-12(11(14)19)5-3-2-4-6-12/h2-6H2,1H3,(H2,14,19)(H,15,18)(H,16,17). The first kappa shape index (κ1) is 13.9. The third kappa shape index (κ3) is 2.58. The first-order chi connectivity index (χ1) is 8.96. The van der Waals surface area contributed by atoms with E-state index in [2.05, 4.69) is 15.5 Å². The number of nitrogens with two attached hydrogens (primary N) is 1. The van der Waals surface area contributed by atoms with Gasteiger partial charge in [0.25, 0.3) is 5.91 Å². The number of primary amides is 1. The molecule has 1 saturated carbocycles. The average molecular weight is 285 g/mol. The van der Waals surface area contributed by atoms with Gasteiger partial charge in [-0.05, 0) is 19.8 Å². The molecule has 0 aromatic carbocycles. The number of carbonyl (C=O) groups is 2. The third-order valence-electron chi connectivity index (χ3n) is 3.62. The Morgan fingerprint density at radius 1 is 1.37 bits per heavy atom. The summed E-state index contributed by atoms with van der Waals surface area (Å²) >= 11 is 5.98. The van der Waals surface area contributed by atoms with Crippen LogP contribution in [0.1, 0.15) is 48.3 Å². The molecule has 0 unspecified atom stereocenters. The van der Waals surface area contributed by atoms with Crippen LogP contribution in [0.3, 0.4) is 0 Å². The molecule has 1 fully saturated rings. The van der Waals surface area contributed by atoms with E-state index in [9.17, 15) is 9.59 Å². The fraction of sp³-hybridized carbons (Fsp3) is 0.583. The normalized spacial score (nSPS) is 18.0. The number of aromatic amines is 1. The molecule has 2 rings (SSSR count). The summed E-state index contributed by atoms with van der Waals surface area (Å²) in [6.45, 7) is 1.72. The zero-order chi connectivity index (χ0) is 14.0. The molecule has 0 atom stereocenters. The molecule has 0 aliphatic heterocycles. The molecule has 0 radical (unpaired) electrons. The van der Waals surface area contributed by atoms with E-state index < -0.39 is 17.4 Å². The van der Waals surface area contributed by atoms with Gasteiger partial charge in [0, 0.05) is 0 Å². The number of rotatable bonds is 3. The molecule has 1 aliphatic carbocycles. The van der Waals surface area contributed by atoms with E-state index in [1.807, 2.05) is 0 Å². The summed E-state index contributed by atoms with van der Waals surface area (Å²) in [6, 6.07) is 0. The van der Waals surface area contributed by atoms with Gasteiger partial charge < -0.3 is 11.1 Å². The van der Waals surface area contributed by atoms with E-state index in [1.54, 1.807) is 6.92 Å². The predicted molar refractivity (Wildman–Crippen MR) is 70.8 cm³/mol. The minimum Gasteiger partial charge on any atom is -0.368 e.